The molecule has 3 aromatic rings. The van der Waals surface area contributed by atoms with Crippen LogP contribution < -0.4 is 15.0 Å². The van der Waals surface area contributed by atoms with Crippen LogP contribution >= 0.6 is 11.8 Å². The van der Waals surface area contributed by atoms with Gasteiger partial charge in [0.25, 0.3) is 0 Å². The smallest absolute Gasteiger partial charge is 0.320 e. The van der Waals surface area contributed by atoms with Crippen LogP contribution in [-0.4, -0.2) is 70.7 Å². The van der Waals surface area contributed by atoms with Crippen molar-refractivity contribution in [2.75, 3.05) is 49.7 Å². The third kappa shape index (κ3) is 3.96. The van der Waals surface area contributed by atoms with Crippen LogP contribution in [-0.2, 0) is 0 Å². The second-order valence-electron chi connectivity index (χ2n) is 8.11. The van der Waals surface area contributed by atoms with Crippen LogP contribution in [0.1, 0.15) is 23.5 Å². The first kappa shape index (κ1) is 20.5. The van der Waals surface area contributed by atoms with Gasteiger partial charge in [-0.1, -0.05) is 0 Å². The van der Waals surface area contributed by atoms with Gasteiger partial charge in [0.15, 0.2) is 5.82 Å². The molecule has 2 saturated heterocycles. The van der Waals surface area contributed by atoms with E-state index in [4.69, 9.17) is 4.74 Å². The van der Waals surface area contributed by atoms with Crippen molar-refractivity contribution in [2.45, 2.75) is 25.4 Å². The molecular formula is C22H27FN6OS. The molecule has 9 heteroatoms. The minimum atomic E-state index is -0.885. The number of hydrogen-bond acceptors (Lipinski definition) is 7. The molecule has 2 atom stereocenters. The molecule has 0 radical (unpaired) electrons. The van der Waals surface area contributed by atoms with Gasteiger partial charge in [0.05, 0.1) is 18.8 Å². The SMILES string of the molecule is COc1nc(N2CCSCC2)cc(-n2ncc3cc(C)c([C@@H]4CCNC[C@@H]4F)cc32)n1. The van der Waals surface area contributed by atoms with Crippen LogP contribution in [0.25, 0.3) is 16.7 Å². The molecule has 31 heavy (non-hydrogen) atoms. The zero-order valence-electron chi connectivity index (χ0n) is 17.8. The van der Waals surface area contributed by atoms with Gasteiger partial charge in [-0.3, -0.25) is 0 Å². The van der Waals surface area contributed by atoms with E-state index in [0.717, 1.165) is 65.4 Å². The summed E-state index contributed by atoms with van der Waals surface area (Å²) in [6, 6.07) is 6.48. The summed E-state index contributed by atoms with van der Waals surface area (Å²) in [5.74, 6) is 3.56. The highest BCUT2D eigenvalue weighted by Gasteiger charge is 2.28. The molecule has 5 rings (SSSR count). The number of piperidine rings is 1. The number of aryl methyl sites for hydroxylation is 1. The quantitative estimate of drug-likeness (QED) is 0.666. The zero-order chi connectivity index (χ0) is 21.4. The Balaban J connectivity index is 1.59. The van der Waals surface area contributed by atoms with Crippen LogP contribution in [0, 0.1) is 6.92 Å². The molecule has 0 spiro atoms. The normalized spacial score (nSPS) is 22.1. The van der Waals surface area contributed by atoms with Crippen molar-refractivity contribution in [1.82, 2.24) is 25.1 Å². The fourth-order valence-corrected chi connectivity index (χ4v) is 5.42. The number of nitrogens with zero attached hydrogens (tertiary/aromatic N) is 5. The second kappa shape index (κ2) is 8.63. The van der Waals surface area contributed by atoms with E-state index in [1.807, 2.05) is 28.7 Å². The molecule has 0 aliphatic carbocycles. The van der Waals surface area contributed by atoms with E-state index in [1.54, 1.807) is 7.11 Å². The summed E-state index contributed by atoms with van der Waals surface area (Å²) in [6.07, 6.45) is 1.75. The number of aromatic nitrogens is 4. The first-order valence-corrected chi connectivity index (χ1v) is 11.9. The van der Waals surface area contributed by atoms with Gasteiger partial charge in [-0.25, -0.2) is 9.07 Å². The highest BCUT2D eigenvalue weighted by molar-refractivity contribution is 7.99. The van der Waals surface area contributed by atoms with Gasteiger partial charge < -0.3 is 15.0 Å². The number of anilines is 1. The predicted octanol–water partition coefficient (Wildman–Crippen LogP) is 3.10. The molecule has 4 heterocycles. The number of fused-ring (bicyclic) bond motifs is 1. The lowest BCUT2D eigenvalue weighted by Crippen LogP contribution is -2.36. The minimum Gasteiger partial charge on any atom is -0.467 e. The van der Waals surface area contributed by atoms with E-state index in [-0.39, 0.29) is 5.92 Å². The molecule has 2 aliphatic heterocycles. The van der Waals surface area contributed by atoms with Gasteiger partial charge in [-0.15, -0.1) is 0 Å². The molecule has 7 nitrogen and oxygen atoms in total. The van der Waals surface area contributed by atoms with Crippen molar-refractivity contribution in [3.63, 3.8) is 0 Å². The summed E-state index contributed by atoms with van der Waals surface area (Å²) in [5, 5.41) is 8.77. The standard InChI is InChI=1S/C22H27FN6OS/c1-14-9-15-12-25-29(19(15)10-17(14)16-3-4-24-13-18(16)23)21-11-20(26-22(27-21)30-2)28-5-7-31-8-6-28/h9-12,16,18,24H,3-8,13H2,1-2H3/t16-,18-/m0/s1. The van der Waals surface area contributed by atoms with Crippen molar-refractivity contribution in [1.29, 1.82) is 0 Å². The van der Waals surface area contributed by atoms with Crippen LogP contribution in [0.3, 0.4) is 0 Å². The van der Waals surface area contributed by atoms with E-state index in [0.29, 0.717) is 18.4 Å². The van der Waals surface area contributed by atoms with E-state index >= 15 is 0 Å². The maximum atomic E-state index is 14.7. The highest BCUT2D eigenvalue weighted by Crippen LogP contribution is 2.33. The number of halogens is 1. The summed E-state index contributed by atoms with van der Waals surface area (Å²) < 4.78 is 21.9. The summed E-state index contributed by atoms with van der Waals surface area (Å²) in [6.45, 7) is 5.19. The Hall–Kier alpha value is -2.39. The zero-order valence-corrected chi connectivity index (χ0v) is 18.7. The van der Waals surface area contributed by atoms with Gasteiger partial charge >= 0.3 is 6.01 Å². The van der Waals surface area contributed by atoms with E-state index < -0.39 is 6.17 Å². The highest BCUT2D eigenvalue weighted by atomic mass is 32.2. The molecule has 0 saturated carbocycles. The van der Waals surface area contributed by atoms with E-state index in [9.17, 15) is 4.39 Å². The molecule has 0 bridgehead atoms. The largest absolute Gasteiger partial charge is 0.467 e. The third-order valence-electron chi connectivity index (χ3n) is 6.18. The van der Waals surface area contributed by atoms with Crippen LogP contribution in [0.5, 0.6) is 6.01 Å². The molecule has 2 aliphatic rings. The second-order valence-corrected chi connectivity index (χ2v) is 9.33. The fourth-order valence-electron chi connectivity index (χ4n) is 4.51. The van der Waals surface area contributed by atoms with Crippen molar-refractivity contribution < 1.29 is 9.13 Å². The Labute approximate surface area is 185 Å². The molecule has 2 aromatic heterocycles. The van der Waals surface area contributed by atoms with Crippen LogP contribution in [0.2, 0.25) is 0 Å². The van der Waals surface area contributed by atoms with Crippen molar-refractivity contribution >= 4 is 28.5 Å². The van der Waals surface area contributed by atoms with Crippen molar-refractivity contribution in [3.8, 4) is 11.8 Å². The number of thioether (sulfide) groups is 1. The molecular weight excluding hydrogens is 415 g/mol. The number of ether oxygens (including phenoxy) is 1. The Morgan fingerprint density at radius 1 is 1.16 bits per heavy atom. The lowest BCUT2D eigenvalue weighted by molar-refractivity contribution is 0.231. The predicted molar refractivity (Wildman–Crippen MR) is 123 cm³/mol. The van der Waals surface area contributed by atoms with Gasteiger partial charge in [0.2, 0.25) is 0 Å². The molecule has 0 amide bonds. The molecule has 1 aromatic carbocycles. The first-order chi connectivity index (χ1) is 15.1. The van der Waals surface area contributed by atoms with Gasteiger partial charge in [0, 0.05) is 48.5 Å². The van der Waals surface area contributed by atoms with Gasteiger partial charge in [0.1, 0.15) is 12.0 Å². The van der Waals surface area contributed by atoms with Crippen LogP contribution in [0.4, 0.5) is 10.2 Å². The van der Waals surface area contributed by atoms with E-state index in [1.165, 1.54) is 0 Å². The molecule has 164 valence electrons. The number of hydrogen-bond donors (Lipinski definition) is 1. The molecule has 0 unspecified atom stereocenters. The number of rotatable bonds is 4. The number of alkyl halides is 1. The lowest BCUT2D eigenvalue weighted by atomic mass is 9.85. The molecule has 1 N–H and O–H groups in total. The van der Waals surface area contributed by atoms with Gasteiger partial charge in [-0.05, 0) is 43.1 Å². The Kier molecular flexibility index (Phi) is 5.71. The summed E-state index contributed by atoms with van der Waals surface area (Å²) in [5.41, 5.74) is 3.08. The monoisotopic (exact) mass is 442 g/mol. The minimum absolute atomic E-state index is 0.102. The topological polar surface area (TPSA) is 68.1 Å². The summed E-state index contributed by atoms with van der Waals surface area (Å²) >= 11 is 1.95. The number of methoxy groups -OCH3 is 1. The third-order valence-corrected chi connectivity index (χ3v) is 7.12. The Morgan fingerprint density at radius 3 is 2.74 bits per heavy atom. The molecule has 2 fully saturated rings. The number of nitrogens with one attached hydrogen (secondary N) is 1. The average molecular weight is 443 g/mol. The fraction of sp³-hybridized carbons (Fsp3) is 0.500. The maximum Gasteiger partial charge on any atom is 0.320 e. The lowest BCUT2D eigenvalue weighted by Gasteiger charge is -2.28. The van der Waals surface area contributed by atoms with Gasteiger partial charge in [-0.2, -0.15) is 26.8 Å². The van der Waals surface area contributed by atoms with Crippen LogP contribution in [0.15, 0.2) is 24.4 Å². The Morgan fingerprint density at radius 2 is 1.97 bits per heavy atom. The first-order valence-electron chi connectivity index (χ1n) is 10.7. The number of benzene rings is 1. The maximum absolute atomic E-state index is 14.7. The average Bonchev–Trinajstić information content (AvgIpc) is 3.22. The Bertz CT molecular complexity index is 1080. The van der Waals surface area contributed by atoms with Crippen molar-refractivity contribution in [3.05, 3.63) is 35.5 Å². The summed E-state index contributed by atoms with van der Waals surface area (Å²) in [4.78, 5) is 11.4. The van der Waals surface area contributed by atoms with Crippen molar-refractivity contribution in [2.24, 2.45) is 0 Å². The van der Waals surface area contributed by atoms with E-state index in [2.05, 4.69) is 44.3 Å². The summed E-state index contributed by atoms with van der Waals surface area (Å²) in [7, 11) is 1.58.